The fourth-order valence-electron chi connectivity index (χ4n) is 1.30. The van der Waals surface area contributed by atoms with Crippen molar-refractivity contribution in [3.63, 3.8) is 0 Å². The number of hydrogen-bond acceptors (Lipinski definition) is 1. The van der Waals surface area contributed by atoms with Gasteiger partial charge in [-0.05, 0) is 23.8 Å². The van der Waals surface area contributed by atoms with E-state index in [1.807, 2.05) is 41.3 Å². The first-order chi connectivity index (χ1) is 7.27. The van der Waals surface area contributed by atoms with Crippen LogP contribution in [0.15, 0.2) is 42.7 Å². The van der Waals surface area contributed by atoms with Gasteiger partial charge in [0.25, 0.3) is 0 Å². The highest BCUT2D eigenvalue weighted by Crippen LogP contribution is 2.25. The fraction of sp³-hybridized carbons (Fsp3) is 0.0909. The van der Waals surface area contributed by atoms with E-state index in [4.69, 9.17) is 23.2 Å². The lowest BCUT2D eigenvalue weighted by atomic mass is 10.2. The third-order valence-electron chi connectivity index (χ3n) is 2.09. The first-order valence-electron chi connectivity index (χ1n) is 4.57. The van der Waals surface area contributed by atoms with Crippen molar-refractivity contribution in [2.75, 3.05) is 5.43 Å². The Morgan fingerprint density at radius 3 is 2.53 bits per heavy atom. The van der Waals surface area contributed by atoms with Gasteiger partial charge in [0.15, 0.2) is 0 Å². The van der Waals surface area contributed by atoms with Gasteiger partial charge in [0.1, 0.15) is 0 Å². The Labute approximate surface area is 98.4 Å². The van der Waals surface area contributed by atoms with Crippen LogP contribution < -0.4 is 5.43 Å². The average molecular weight is 241 g/mol. The quantitative estimate of drug-likeness (QED) is 0.869. The van der Waals surface area contributed by atoms with Gasteiger partial charge in [0.2, 0.25) is 0 Å². The normalized spacial score (nSPS) is 10.3. The van der Waals surface area contributed by atoms with E-state index in [1.165, 1.54) is 0 Å². The molecule has 0 bridgehead atoms. The third-order valence-corrected chi connectivity index (χ3v) is 2.95. The summed E-state index contributed by atoms with van der Waals surface area (Å²) in [5.41, 5.74) is 4.17. The molecule has 0 aliphatic heterocycles. The Kier molecular flexibility index (Phi) is 3.19. The van der Waals surface area contributed by atoms with Gasteiger partial charge >= 0.3 is 0 Å². The molecule has 2 aromatic rings. The van der Waals surface area contributed by atoms with E-state index in [0.717, 1.165) is 5.56 Å². The molecule has 0 saturated heterocycles. The number of nitrogens with zero attached hydrogens (tertiary/aromatic N) is 1. The van der Waals surface area contributed by atoms with Crippen LogP contribution in [0.5, 0.6) is 0 Å². The predicted octanol–water partition coefficient (Wildman–Crippen LogP) is 3.54. The molecule has 0 atom stereocenters. The first-order valence-corrected chi connectivity index (χ1v) is 5.33. The van der Waals surface area contributed by atoms with Crippen molar-refractivity contribution in [1.82, 2.24) is 4.68 Å². The molecule has 0 spiro atoms. The van der Waals surface area contributed by atoms with E-state index in [2.05, 4.69) is 5.43 Å². The van der Waals surface area contributed by atoms with Crippen LogP contribution in [-0.2, 0) is 6.54 Å². The second kappa shape index (κ2) is 4.60. The number of nitrogens with one attached hydrogen (secondary N) is 1. The minimum Gasteiger partial charge on any atom is -0.322 e. The smallest absolute Gasteiger partial charge is 0.0642 e. The minimum absolute atomic E-state index is 0.587. The minimum atomic E-state index is 0.587. The number of rotatable bonds is 3. The Morgan fingerprint density at radius 1 is 1.07 bits per heavy atom. The van der Waals surface area contributed by atoms with E-state index < -0.39 is 0 Å². The molecular weight excluding hydrogens is 231 g/mol. The summed E-state index contributed by atoms with van der Waals surface area (Å²) in [6.45, 7) is 0.647. The Bertz CT molecular complexity index is 438. The number of hydrogen-bond donors (Lipinski definition) is 1. The summed E-state index contributed by atoms with van der Waals surface area (Å²) < 4.78 is 1.87. The van der Waals surface area contributed by atoms with E-state index >= 15 is 0 Å². The summed E-state index contributed by atoms with van der Waals surface area (Å²) in [6.07, 6.45) is 3.86. The predicted molar refractivity (Wildman–Crippen MR) is 64.0 cm³/mol. The summed E-state index contributed by atoms with van der Waals surface area (Å²) >= 11 is 12.0. The van der Waals surface area contributed by atoms with Crippen molar-refractivity contribution in [1.29, 1.82) is 0 Å². The van der Waals surface area contributed by atoms with Crippen LogP contribution in [0, 0.1) is 0 Å². The van der Waals surface area contributed by atoms with Gasteiger partial charge in [-0.3, -0.25) is 4.68 Å². The van der Waals surface area contributed by atoms with Crippen LogP contribution in [0.25, 0.3) is 0 Å². The van der Waals surface area contributed by atoms with Crippen molar-refractivity contribution in [3.8, 4) is 0 Å². The highest BCUT2D eigenvalue weighted by molar-refractivity contribution is 6.42. The van der Waals surface area contributed by atoms with Crippen molar-refractivity contribution in [3.05, 3.63) is 58.3 Å². The number of benzene rings is 1. The maximum atomic E-state index is 6.05. The van der Waals surface area contributed by atoms with Gasteiger partial charge < -0.3 is 5.43 Å². The monoisotopic (exact) mass is 240 g/mol. The third kappa shape index (κ3) is 2.46. The van der Waals surface area contributed by atoms with E-state index in [-0.39, 0.29) is 0 Å². The molecule has 2 rings (SSSR count). The molecule has 1 N–H and O–H groups in total. The van der Waals surface area contributed by atoms with Gasteiger partial charge in [0.05, 0.1) is 16.6 Å². The first kappa shape index (κ1) is 10.4. The molecular formula is C11H10Cl2N2. The van der Waals surface area contributed by atoms with Gasteiger partial charge in [0, 0.05) is 12.4 Å². The van der Waals surface area contributed by atoms with Gasteiger partial charge in [-0.15, -0.1) is 0 Å². The summed E-state index contributed by atoms with van der Waals surface area (Å²) in [4.78, 5) is 0. The van der Waals surface area contributed by atoms with Crippen LogP contribution in [0.1, 0.15) is 5.56 Å². The molecule has 0 aliphatic rings. The lowest BCUT2D eigenvalue weighted by Gasteiger charge is -2.09. The average Bonchev–Trinajstić information content (AvgIpc) is 2.73. The lowest BCUT2D eigenvalue weighted by molar-refractivity contribution is 0.847. The van der Waals surface area contributed by atoms with Crippen LogP contribution in [0.3, 0.4) is 0 Å². The van der Waals surface area contributed by atoms with Gasteiger partial charge in [-0.1, -0.05) is 35.3 Å². The standard InChI is InChI=1S/C11H10Cl2N2/c12-10-5-3-4-9(11(10)13)8-14-15-6-1-2-7-15/h1-7,14H,8H2. The summed E-state index contributed by atoms with van der Waals surface area (Å²) in [5, 5.41) is 1.20. The number of halogens is 2. The second-order valence-corrected chi connectivity index (χ2v) is 3.92. The fourth-order valence-corrected chi connectivity index (χ4v) is 1.69. The largest absolute Gasteiger partial charge is 0.322 e. The molecule has 15 heavy (non-hydrogen) atoms. The van der Waals surface area contributed by atoms with Crippen LogP contribution in [-0.4, -0.2) is 4.68 Å². The zero-order valence-electron chi connectivity index (χ0n) is 7.95. The van der Waals surface area contributed by atoms with Gasteiger partial charge in [-0.2, -0.15) is 0 Å². The van der Waals surface area contributed by atoms with E-state index in [1.54, 1.807) is 6.07 Å². The molecule has 0 saturated carbocycles. The van der Waals surface area contributed by atoms with E-state index in [0.29, 0.717) is 16.6 Å². The SMILES string of the molecule is Clc1cccc(CNn2cccc2)c1Cl. The maximum absolute atomic E-state index is 6.05. The lowest BCUT2D eigenvalue weighted by Crippen LogP contribution is -2.12. The zero-order chi connectivity index (χ0) is 10.7. The summed E-state index contributed by atoms with van der Waals surface area (Å²) in [6, 6.07) is 9.52. The maximum Gasteiger partial charge on any atom is 0.0642 e. The zero-order valence-corrected chi connectivity index (χ0v) is 9.46. The molecule has 0 aliphatic carbocycles. The summed E-state index contributed by atoms with van der Waals surface area (Å²) in [7, 11) is 0. The Morgan fingerprint density at radius 2 is 1.80 bits per heavy atom. The molecule has 4 heteroatoms. The molecule has 1 aromatic carbocycles. The van der Waals surface area contributed by atoms with E-state index in [9.17, 15) is 0 Å². The van der Waals surface area contributed by atoms with Crippen LogP contribution in [0.4, 0.5) is 0 Å². The molecule has 1 heterocycles. The molecule has 0 amide bonds. The highest BCUT2D eigenvalue weighted by Gasteiger charge is 2.03. The van der Waals surface area contributed by atoms with Gasteiger partial charge in [-0.25, -0.2) is 0 Å². The molecule has 0 fully saturated rings. The summed E-state index contributed by atoms with van der Waals surface area (Å²) in [5.74, 6) is 0. The molecule has 0 radical (unpaired) electrons. The molecule has 2 nitrogen and oxygen atoms in total. The molecule has 0 unspecified atom stereocenters. The van der Waals surface area contributed by atoms with Crippen molar-refractivity contribution in [2.45, 2.75) is 6.54 Å². The van der Waals surface area contributed by atoms with Crippen molar-refractivity contribution < 1.29 is 0 Å². The number of aromatic nitrogens is 1. The Balaban J connectivity index is 2.08. The molecule has 1 aromatic heterocycles. The van der Waals surface area contributed by atoms with Crippen molar-refractivity contribution in [2.24, 2.45) is 0 Å². The topological polar surface area (TPSA) is 17.0 Å². The van der Waals surface area contributed by atoms with Crippen LogP contribution in [0.2, 0.25) is 10.0 Å². The van der Waals surface area contributed by atoms with Crippen molar-refractivity contribution >= 4 is 23.2 Å². The molecule has 78 valence electrons. The van der Waals surface area contributed by atoms with Crippen LogP contribution >= 0.6 is 23.2 Å². The second-order valence-electron chi connectivity index (χ2n) is 3.14. The highest BCUT2D eigenvalue weighted by atomic mass is 35.5. The Hall–Kier alpha value is -1.12.